The van der Waals surface area contributed by atoms with E-state index in [9.17, 15) is 18.0 Å². The second-order valence-corrected chi connectivity index (χ2v) is 8.09. The molecule has 0 aliphatic rings. The van der Waals surface area contributed by atoms with E-state index in [0.29, 0.717) is 0 Å². The van der Waals surface area contributed by atoms with Gasteiger partial charge in [-0.15, -0.1) is 0 Å². The van der Waals surface area contributed by atoms with Gasteiger partial charge in [-0.3, -0.25) is 13.9 Å². The summed E-state index contributed by atoms with van der Waals surface area (Å²) in [7, 11) is -0.273. The van der Waals surface area contributed by atoms with Gasteiger partial charge in [0, 0.05) is 26.9 Å². The van der Waals surface area contributed by atoms with Crippen LogP contribution in [0.3, 0.4) is 0 Å². The Labute approximate surface area is 131 Å². The van der Waals surface area contributed by atoms with E-state index in [1.165, 1.54) is 23.2 Å². The number of aromatic nitrogens is 4. The second-order valence-electron chi connectivity index (χ2n) is 5.57. The predicted molar refractivity (Wildman–Crippen MR) is 84.1 cm³/mol. The molecule has 2 heterocycles. The topological polar surface area (TPSA) is 96.0 Å². The van der Waals surface area contributed by atoms with Crippen LogP contribution in [0.5, 0.6) is 0 Å². The highest BCUT2D eigenvalue weighted by molar-refractivity contribution is 7.90. The van der Waals surface area contributed by atoms with Gasteiger partial charge in [0.15, 0.2) is 11.2 Å². The molecule has 0 N–H and O–H groups in total. The summed E-state index contributed by atoms with van der Waals surface area (Å²) in [6.45, 7) is 1.96. The fourth-order valence-corrected chi connectivity index (χ4v) is 3.84. The van der Waals surface area contributed by atoms with E-state index in [4.69, 9.17) is 11.6 Å². The molecule has 0 saturated carbocycles. The minimum absolute atomic E-state index is 0.0327. The average Bonchev–Trinajstić information content (AvgIpc) is 2.69. The van der Waals surface area contributed by atoms with E-state index in [1.54, 1.807) is 6.92 Å². The van der Waals surface area contributed by atoms with Crippen molar-refractivity contribution in [2.24, 2.45) is 20.0 Å². The molecule has 10 heteroatoms. The summed E-state index contributed by atoms with van der Waals surface area (Å²) in [5.41, 5.74) is -0.633. The fraction of sp³-hybridized carbons (Fsp3) is 0.583. The maximum atomic E-state index is 12.3. The lowest BCUT2D eigenvalue weighted by atomic mass is 10.2. The highest BCUT2D eigenvalue weighted by Gasteiger charge is 2.20. The standard InChI is InChI=1S/C12H17ClN4O4S/c1-7(6-22(4,20)21)5-17-8-9(14-11(17)13)15(2)12(19)16(3)10(8)18/h7H,5-6H2,1-4H3. The van der Waals surface area contributed by atoms with Crippen LogP contribution in [-0.4, -0.2) is 39.1 Å². The number of nitrogens with zero attached hydrogens (tertiary/aromatic N) is 4. The smallest absolute Gasteiger partial charge is 0.308 e. The van der Waals surface area contributed by atoms with Gasteiger partial charge < -0.3 is 4.57 Å². The van der Waals surface area contributed by atoms with Crippen molar-refractivity contribution in [1.29, 1.82) is 0 Å². The highest BCUT2D eigenvalue weighted by Crippen LogP contribution is 2.18. The Hall–Kier alpha value is -1.61. The number of fused-ring (bicyclic) bond motifs is 1. The maximum Gasteiger partial charge on any atom is 0.332 e. The normalized spacial score (nSPS) is 13.7. The van der Waals surface area contributed by atoms with Crippen LogP contribution >= 0.6 is 11.6 Å². The first-order chi connectivity index (χ1) is 10.0. The maximum absolute atomic E-state index is 12.3. The zero-order chi connectivity index (χ0) is 16.8. The van der Waals surface area contributed by atoms with Gasteiger partial charge in [0.2, 0.25) is 5.28 Å². The number of imidazole rings is 1. The molecule has 2 aromatic heterocycles. The van der Waals surface area contributed by atoms with Gasteiger partial charge in [0.25, 0.3) is 5.56 Å². The molecule has 1 unspecified atom stereocenters. The van der Waals surface area contributed by atoms with Gasteiger partial charge in [-0.2, -0.15) is 4.98 Å². The molecule has 22 heavy (non-hydrogen) atoms. The largest absolute Gasteiger partial charge is 0.332 e. The molecule has 0 spiro atoms. The molecule has 0 saturated heterocycles. The number of sulfone groups is 1. The summed E-state index contributed by atoms with van der Waals surface area (Å²) in [6.07, 6.45) is 1.15. The lowest BCUT2D eigenvalue weighted by Gasteiger charge is -2.12. The van der Waals surface area contributed by atoms with E-state index >= 15 is 0 Å². The van der Waals surface area contributed by atoms with E-state index in [1.807, 2.05) is 0 Å². The third kappa shape index (κ3) is 2.95. The lowest BCUT2D eigenvalue weighted by molar-refractivity contribution is 0.518. The SMILES string of the molecule is CC(Cn1c(Cl)nc2c1c(=O)n(C)c(=O)n2C)CS(C)(=O)=O. The first-order valence-corrected chi connectivity index (χ1v) is 8.96. The quantitative estimate of drug-likeness (QED) is 0.711. The third-order valence-corrected chi connectivity index (χ3v) is 4.85. The van der Waals surface area contributed by atoms with Gasteiger partial charge in [-0.25, -0.2) is 13.2 Å². The van der Waals surface area contributed by atoms with Crippen molar-refractivity contribution in [3.05, 3.63) is 26.1 Å². The molecular weight excluding hydrogens is 332 g/mol. The Morgan fingerprint density at radius 1 is 1.23 bits per heavy atom. The number of hydrogen-bond donors (Lipinski definition) is 0. The van der Waals surface area contributed by atoms with Crippen LogP contribution in [0.4, 0.5) is 0 Å². The summed E-state index contributed by atoms with van der Waals surface area (Å²) in [4.78, 5) is 28.3. The van der Waals surface area contributed by atoms with Crippen LogP contribution in [0.1, 0.15) is 6.92 Å². The van der Waals surface area contributed by atoms with Crippen molar-refractivity contribution in [3.8, 4) is 0 Å². The van der Waals surface area contributed by atoms with Crippen molar-refractivity contribution in [3.63, 3.8) is 0 Å². The Balaban J connectivity index is 2.63. The summed E-state index contributed by atoms with van der Waals surface area (Å²) in [6, 6.07) is 0. The molecule has 0 aliphatic heterocycles. The zero-order valence-electron chi connectivity index (χ0n) is 12.7. The first kappa shape index (κ1) is 16.8. The molecule has 122 valence electrons. The van der Waals surface area contributed by atoms with E-state index < -0.39 is 21.1 Å². The van der Waals surface area contributed by atoms with Crippen molar-refractivity contribution < 1.29 is 8.42 Å². The van der Waals surface area contributed by atoms with E-state index in [-0.39, 0.29) is 34.7 Å². The van der Waals surface area contributed by atoms with Crippen molar-refractivity contribution in [2.45, 2.75) is 13.5 Å². The molecule has 0 aliphatic carbocycles. The van der Waals surface area contributed by atoms with Crippen LogP contribution in [0, 0.1) is 5.92 Å². The van der Waals surface area contributed by atoms with E-state index in [0.717, 1.165) is 10.8 Å². The van der Waals surface area contributed by atoms with Gasteiger partial charge in [0.05, 0.1) is 5.75 Å². The molecule has 0 amide bonds. The van der Waals surface area contributed by atoms with Crippen molar-refractivity contribution in [2.75, 3.05) is 12.0 Å². The van der Waals surface area contributed by atoms with Crippen molar-refractivity contribution in [1.82, 2.24) is 18.7 Å². The Morgan fingerprint density at radius 2 is 1.82 bits per heavy atom. The molecule has 0 bridgehead atoms. The van der Waals surface area contributed by atoms with Crippen LogP contribution in [0.25, 0.3) is 11.2 Å². The van der Waals surface area contributed by atoms with Crippen LogP contribution < -0.4 is 11.2 Å². The number of aryl methyl sites for hydroxylation is 1. The molecule has 0 aromatic carbocycles. The summed E-state index contributed by atoms with van der Waals surface area (Å²) < 4.78 is 26.4. The highest BCUT2D eigenvalue weighted by atomic mass is 35.5. The third-order valence-electron chi connectivity index (χ3n) is 3.38. The minimum atomic E-state index is -3.14. The summed E-state index contributed by atoms with van der Waals surface area (Å²) in [5, 5.41) is 0.0497. The first-order valence-electron chi connectivity index (χ1n) is 6.52. The van der Waals surface area contributed by atoms with Crippen LogP contribution in [0.15, 0.2) is 9.59 Å². The van der Waals surface area contributed by atoms with E-state index in [2.05, 4.69) is 4.98 Å². The molecule has 1 atom stereocenters. The van der Waals surface area contributed by atoms with Gasteiger partial charge >= 0.3 is 5.69 Å². The van der Waals surface area contributed by atoms with Crippen molar-refractivity contribution >= 4 is 32.6 Å². The summed E-state index contributed by atoms with van der Waals surface area (Å²) in [5.74, 6) is -0.290. The molecule has 2 rings (SSSR count). The van der Waals surface area contributed by atoms with Crippen LogP contribution in [-0.2, 0) is 30.5 Å². The Bertz CT molecular complexity index is 954. The molecule has 0 radical (unpaired) electrons. The average molecular weight is 349 g/mol. The zero-order valence-corrected chi connectivity index (χ0v) is 14.3. The molecule has 8 nitrogen and oxygen atoms in total. The minimum Gasteiger partial charge on any atom is -0.308 e. The lowest BCUT2D eigenvalue weighted by Crippen LogP contribution is -2.37. The van der Waals surface area contributed by atoms with Crippen LogP contribution in [0.2, 0.25) is 5.28 Å². The van der Waals surface area contributed by atoms with Gasteiger partial charge in [-0.05, 0) is 17.5 Å². The number of halogens is 1. The Kier molecular flexibility index (Phi) is 4.22. The number of hydrogen-bond acceptors (Lipinski definition) is 5. The predicted octanol–water partition coefficient (Wildman–Crippen LogP) is -0.232. The molecular formula is C12H17ClN4O4S. The van der Waals surface area contributed by atoms with Gasteiger partial charge in [0.1, 0.15) is 9.84 Å². The molecule has 2 aromatic rings. The fourth-order valence-electron chi connectivity index (χ4n) is 2.47. The molecule has 0 fully saturated rings. The monoisotopic (exact) mass is 348 g/mol. The number of rotatable bonds is 4. The van der Waals surface area contributed by atoms with Gasteiger partial charge in [-0.1, -0.05) is 6.92 Å². The second kappa shape index (κ2) is 5.54. The summed E-state index contributed by atoms with van der Waals surface area (Å²) >= 11 is 6.07. The Morgan fingerprint density at radius 3 is 2.36 bits per heavy atom.